The van der Waals surface area contributed by atoms with Crippen molar-refractivity contribution >= 4 is 17.6 Å². The van der Waals surface area contributed by atoms with E-state index in [1.807, 2.05) is 13.8 Å². The third kappa shape index (κ3) is 1.47. The number of halogens is 1. The quantitative estimate of drug-likeness (QED) is 0.836. The summed E-state index contributed by atoms with van der Waals surface area (Å²) in [5, 5.41) is 19.3. The van der Waals surface area contributed by atoms with Gasteiger partial charge in [-0.1, -0.05) is 31.5 Å². The summed E-state index contributed by atoms with van der Waals surface area (Å²) in [6, 6.07) is 4.85. The molecule has 0 amide bonds. The zero-order valence-electron chi connectivity index (χ0n) is 9.07. The predicted molar refractivity (Wildman–Crippen MR) is 60.8 cm³/mol. The van der Waals surface area contributed by atoms with Gasteiger partial charge in [-0.05, 0) is 17.5 Å². The Labute approximate surface area is 98.7 Å². The summed E-state index contributed by atoms with van der Waals surface area (Å²) in [7, 11) is 0. The summed E-state index contributed by atoms with van der Waals surface area (Å²) >= 11 is 6.01. The van der Waals surface area contributed by atoms with Gasteiger partial charge < -0.3 is 10.2 Å². The zero-order valence-corrected chi connectivity index (χ0v) is 9.82. The standard InChI is InChI=1S/C12H13ClO3/c1-12(2)9(10(12)11(15)16)8-6(13)4-3-5-7(8)14/h3-5,9-10,14H,1-2H3,(H,15,16)/t9-,10+/m1/s1. The Balaban J connectivity index is 2.45. The van der Waals surface area contributed by atoms with Crippen LogP contribution in [0.2, 0.25) is 5.02 Å². The van der Waals surface area contributed by atoms with Crippen molar-refractivity contribution in [3.8, 4) is 5.75 Å². The Morgan fingerprint density at radius 1 is 1.44 bits per heavy atom. The van der Waals surface area contributed by atoms with Crippen LogP contribution in [-0.2, 0) is 4.79 Å². The van der Waals surface area contributed by atoms with Gasteiger partial charge in [0.1, 0.15) is 5.75 Å². The normalized spacial score (nSPS) is 26.4. The first-order valence-corrected chi connectivity index (χ1v) is 5.45. The zero-order chi connectivity index (χ0) is 12.1. The van der Waals surface area contributed by atoms with E-state index in [-0.39, 0.29) is 17.1 Å². The SMILES string of the molecule is CC1(C)[C@H](C(=O)O)[C@H]1c1c(O)cccc1Cl. The van der Waals surface area contributed by atoms with Gasteiger partial charge in [-0.3, -0.25) is 4.79 Å². The number of hydrogen-bond donors (Lipinski definition) is 2. The predicted octanol–water partition coefficient (Wildman–Crippen LogP) is 2.87. The molecule has 4 heteroatoms. The van der Waals surface area contributed by atoms with Crippen molar-refractivity contribution < 1.29 is 15.0 Å². The maximum absolute atomic E-state index is 11.1. The van der Waals surface area contributed by atoms with Gasteiger partial charge in [0, 0.05) is 16.5 Å². The minimum atomic E-state index is -0.839. The highest BCUT2D eigenvalue weighted by molar-refractivity contribution is 6.31. The van der Waals surface area contributed by atoms with Crippen molar-refractivity contribution in [1.29, 1.82) is 0 Å². The lowest BCUT2D eigenvalue weighted by molar-refractivity contribution is -0.139. The van der Waals surface area contributed by atoms with E-state index < -0.39 is 11.9 Å². The summed E-state index contributed by atoms with van der Waals surface area (Å²) in [5.41, 5.74) is 0.204. The fourth-order valence-electron chi connectivity index (χ4n) is 2.47. The van der Waals surface area contributed by atoms with Crippen LogP contribution in [0.15, 0.2) is 18.2 Å². The van der Waals surface area contributed by atoms with Crippen LogP contribution in [0.3, 0.4) is 0 Å². The van der Waals surface area contributed by atoms with Crippen LogP contribution in [0, 0.1) is 11.3 Å². The summed E-state index contributed by atoms with van der Waals surface area (Å²) in [4.78, 5) is 11.1. The van der Waals surface area contributed by atoms with Gasteiger partial charge in [0.25, 0.3) is 0 Å². The van der Waals surface area contributed by atoms with E-state index in [1.165, 1.54) is 6.07 Å². The fraction of sp³-hybridized carbons (Fsp3) is 0.417. The summed E-state index contributed by atoms with van der Waals surface area (Å²) in [6.45, 7) is 3.75. The van der Waals surface area contributed by atoms with Gasteiger partial charge in [0.2, 0.25) is 0 Å². The number of hydrogen-bond acceptors (Lipinski definition) is 2. The largest absolute Gasteiger partial charge is 0.508 e. The van der Waals surface area contributed by atoms with Gasteiger partial charge in [0.05, 0.1) is 5.92 Å². The molecule has 1 aliphatic rings. The molecule has 2 rings (SSSR count). The maximum atomic E-state index is 11.1. The second-order valence-electron chi connectivity index (χ2n) is 4.79. The molecular formula is C12H13ClO3. The second kappa shape index (κ2) is 3.39. The molecule has 1 aliphatic carbocycles. The van der Waals surface area contributed by atoms with E-state index in [2.05, 4.69) is 0 Å². The van der Waals surface area contributed by atoms with E-state index in [1.54, 1.807) is 12.1 Å². The summed E-state index contributed by atoms with van der Waals surface area (Å²) < 4.78 is 0. The first-order chi connectivity index (χ1) is 7.37. The highest BCUT2D eigenvalue weighted by Gasteiger charge is 2.63. The Bertz CT molecular complexity index is 433. The number of rotatable bonds is 2. The summed E-state index contributed by atoms with van der Waals surface area (Å²) in [5.74, 6) is -1.44. The number of benzene rings is 1. The minimum absolute atomic E-state index is 0.0781. The van der Waals surface area contributed by atoms with Crippen LogP contribution in [0.25, 0.3) is 0 Å². The monoisotopic (exact) mass is 240 g/mol. The molecule has 1 aromatic rings. The van der Waals surface area contributed by atoms with Gasteiger partial charge in [-0.2, -0.15) is 0 Å². The van der Waals surface area contributed by atoms with Crippen molar-refractivity contribution in [2.45, 2.75) is 19.8 Å². The van der Waals surface area contributed by atoms with Crippen molar-refractivity contribution in [2.75, 3.05) is 0 Å². The number of aromatic hydroxyl groups is 1. The minimum Gasteiger partial charge on any atom is -0.508 e. The third-order valence-electron chi connectivity index (χ3n) is 3.43. The maximum Gasteiger partial charge on any atom is 0.307 e. The Morgan fingerprint density at radius 3 is 2.50 bits per heavy atom. The third-order valence-corrected chi connectivity index (χ3v) is 3.76. The Kier molecular flexibility index (Phi) is 2.39. The molecule has 0 saturated heterocycles. The van der Waals surface area contributed by atoms with Crippen LogP contribution in [0.4, 0.5) is 0 Å². The molecule has 2 N–H and O–H groups in total. The molecular weight excluding hydrogens is 228 g/mol. The number of aliphatic carboxylic acids is 1. The van der Waals surface area contributed by atoms with Crippen molar-refractivity contribution in [3.63, 3.8) is 0 Å². The molecule has 1 aromatic carbocycles. The van der Waals surface area contributed by atoms with E-state index in [4.69, 9.17) is 16.7 Å². The lowest BCUT2D eigenvalue weighted by Gasteiger charge is -2.07. The lowest BCUT2D eigenvalue weighted by atomic mass is 10.0. The van der Waals surface area contributed by atoms with Gasteiger partial charge in [0.15, 0.2) is 0 Å². The smallest absolute Gasteiger partial charge is 0.307 e. The fourth-order valence-corrected chi connectivity index (χ4v) is 2.76. The molecule has 0 spiro atoms. The average molecular weight is 241 g/mol. The number of phenolic OH excluding ortho intramolecular Hbond substituents is 1. The van der Waals surface area contributed by atoms with Crippen LogP contribution in [0.1, 0.15) is 25.3 Å². The molecule has 0 aliphatic heterocycles. The molecule has 86 valence electrons. The topological polar surface area (TPSA) is 57.5 Å². The number of carboxylic acid groups (broad SMARTS) is 1. The molecule has 0 radical (unpaired) electrons. The molecule has 1 fully saturated rings. The van der Waals surface area contributed by atoms with Crippen molar-refractivity contribution in [1.82, 2.24) is 0 Å². The highest BCUT2D eigenvalue weighted by Crippen LogP contribution is 2.66. The van der Waals surface area contributed by atoms with Crippen LogP contribution in [-0.4, -0.2) is 16.2 Å². The number of carbonyl (C=O) groups is 1. The Morgan fingerprint density at radius 2 is 2.06 bits per heavy atom. The first-order valence-electron chi connectivity index (χ1n) is 5.07. The molecule has 0 heterocycles. The van der Waals surface area contributed by atoms with Crippen molar-refractivity contribution in [2.24, 2.45) is 11.3 Å². The molecule has 3 nitrogen and oxygen atoms in total. The van der Waals surface area contributed by atoms with Crippen molar-refractivity contribution in [3.05, 3.63) is 28.8 Å². The average Bonchev–Trinajstić information content (AvgIpc) is 2.69. The second-order valence-corrected chi connectivity index (χ2v) is 5.19. The molecule has 0 bridgehead atoms. The first kappa shape index (κ1) is 11.3. The number of carboxylic acids is 1. The lowest BCUT2D eigenvalue weighted by Crippen LogP contribution is -2.03. The van der Waals surface area contributed by atoms with E-state index in [0.29, 0.717) is 10.6 Å². The molecule has 16 heavy (non-hydrogen) atoms. The van der Waals surface area contributed by atoms with E-state index >= 15 is 0 Å². The molecule has 0 unspecified atom stereocenters. The van der Waals surface area contributed by atoms with Crippen LogP contribution < -0.4 is 0 Å². The molecule has 2 atom stereocenters. The van der Waals surface area contributed by atoms with Crippen LogP contribution in [0.5, 0.6) is 5.75 Å². The van der Waals surface area contributed by atoms with Crippen LogP contribution >= 0.6 is 11.6 Å². The highest BCUT2D eigenvalue weighted by atomic mass is 35.5. The summed E-state index contributed by atoms with van der Waals surface area (Å²) in [6.07, 6.45) is 0. The molecule has 1 saturated carbocycles. The Hall–Kier alpha value is -1.22. The van der Waals surface area contributed by atoms with Gasteiger partial charge in [-0.15, -0.1) is 0 Å². The van der Waals surface area contributed by atoms with E-state index in [9.17, 15) is 9.90 Å². The van der Waals surface area contributed by atoms with Gasteiger partial charge in [-0.25, -0.2) is 0 Å². The number of phenols is 1. The van der Waals surface area contributed by atoms with E-state index in [0.717, 1.165) is 0 Å². The van der Waals surface area contributed by atoms with Gasteiger partial charge >= 0.3 is 5.97 Å². The molecule has 0 aromatic heterocycles.